The first-order valence-corrected chi connectivity index (χ1v) is 7.86. The Labute approximate surface area is 135 Å². The molecule has 120 valence electrons. The molecule has 23 heavy (non-hydrogen) atoms. The van der Waals surface area contributed by atoms with Gasteiger partial charge in [-0.2, -0.15) is 0 Å². The minimum Gasteiger partial charge on any atom is -0.469 e. The van der Waals surface area contributed by atoms with Crippen LogP contribution in [0.1, 0.15) is 23.7 Å². The first kappa shape index (κ1) is 15.5. The standard InChI is InChI=1S/C19H20FNO2/c1-2-10-21(11-9-16-4-3-12-23-16)19(22)18-13-17(18)14-5-7-15(20)8-6-14/h2-8,12,17-18H,1,9-11,13H2/t17-,18+/m0/s1. The van der Waals surface area contributed by atoms with Crippen LogP contribution in [-0.4, -0.2) is 23.9 Å². The summed E-state index contributed by atoms with van der Waals surface area (Å²) in [4.78, 5) is 14.5. The summed E-state index contributed by atoms with van der Waals surface area (Å²) < 4.78 is 18.3. The first-order chi connectivity index (χ1) is 11.2. The molecule has 0 unspecified atom stereocenters. The van der Waals surface area contributed by atoms with Crippen molar-refractivity contribution in [1.82, 2.24) is 4.90 Å². The Kier molecular flexibility index (Phi) is 4.60. The summed E-state index contributed by atoms with van der Waals surface area (Å²) in [6.07, 6.45) is 4.91. The predicted molar refractivity (Wildman–Crippen MR) is 86.4 cm³/mol. The van der Waals surface area contributed by atoms with E-state index in [1.54, 1.807) is 24.5 Å². The van der Waals surface area contributed by atoms with E-state index in [-0.39, 0.29) is 23.6 Å². The van der Waals surface area contributed by atoms with E-state index in [4.69, 9.17) is 4.42 Å². The van der Waals surface area contributed by atoms with Gasteiger partial charge in [-0.25, -0.2) is 4.39 Å². The maximum Gasteiger partial charge on any atom is 0.226 e. The Bertz CT molecular complexity index is 663. The van der Waals surface area contributed by atoms with Gasteiger partial charge in [0, 0.05) is 25.4 Å². The van der Waals surface area contributed by atoms with E-state index in [0.29, 0.717) is 19.5 Å². The van der Waals surface area contributed by atoms with Crippen molar-refractivity contribution in [2.24, 2.45) is 5.92 Å². The van der Waals surface area contributed by atoms with Crippen molar-refractivity contribution in [2.75, 3.05) is 13.1 Å². The first-order valence-electron chi connectivity index (χ1n) is 7.86. The molecule has 2 atom stereocenters. The molecule has 1 heterocycles. The molecule has 0 spiro atoms. The van der Waals surface area contributed by atoms with Crippen molar-refractivity contribution >= 4 is 5.91 Å². The zero-order valence-electron chi connectivity index (χ0n) is 13.0. The van der Waals surface area contributed by atoms with Gasteiger partial charge < -0.3 is 9.32 Å². The lowest BCUT2D eigenvalue weighted by Crippen LogP contribution is -2.34. The molecule has 3 rings (SSSR count). The van der Waals surface area contributed by atoms with Gasteiger partial charge in [-0.15, -0.1) is 6.58 Å². The third-order valence-electron chi connectivity index (χ3n) is 4.28. The smallest absolute Gasteiger partial charge is 0.226 e. The quantitative estimate of drug-likeness (QED) is 0.729. The number of hydrogen-bond donors (Lipinski definition) is 0. The van der Waals surface area contributed by atoms with Gasteiger partial charge in [-0.1, -0.05) is 18.2 Å². The zero-order valence-corrected chi connectivity index (χ0v) is 13.0. The van der Waals surface area contributed by atoms with Crippen molar-refractivity contribution in [3.8, 4) is 0 Å². The SMILES string of the molecule is C=CCN(CCc1ccco1)C(=O)[C@@H]1C[C@H]1c1ccc(F)cc1. The number of furan rings is 1. The van der Waals surface area contributed by atoms with Crippen LogP contribution in [0.4, 0.5) is 4.39 Å². The van der Waals surface area contributed by atoms with Crippen LogP contribution in [0.3, 0.4) is 0 Å². The number of rotatable bonds is 7. The van der Waals surface area contributed by atoms with Gasteiger partial charge in [-0.05, 0) is 42.2 Å². The number of carbonyl (C=O) groups is 1. The van der Waals surface area contributed by atoms with E-state index < -0.39 is 0 Å². The Balaban J connectivity index is 1.60. The number of nitrogens with zero attached hydrogens (tertiary/aromatic N) is 1. The van der Waals surface area contributed by atoms with Gasteiger partial charge in [0.05, 0.1) is 6.26 Å². The van der Waals surface area contributed by atoms with E-state index in [1.807, 2.05) is 17.0 Å². The van der Waals surface area contributed by atoms with Gasteiger partial charge >= 0.3 is 0 Å². The summed E-state index contributed by atoms with van der Waals surface area (Å²) in [6, 6.07) is 10.2. The number of amides is 1. The Morgan fingerprint density at radius 3 is 2.78 bits per heavy atom. The molecule has 0 saturated heterocycles. The minimum atomic E-state index is -0.246. The lowest BCUT2D eigenvalue weighted by molar-refractivity contribution is -0.132. The molecule has 0 N–H and O–H groups in total. The molecule has 3 nitrogen and oxygen atoms in total. The third kappa shape index (κ3) is 3.70. The summed E-state index contributed by atoms with van der Waals surface area (Å²) in [6.45, 7) is 4.89. The van der Waals surface area contributed by atoms with Crippen LogP contribution in [0.25, 0.3) is 0 Å². The van der Waals surface area contributed by atoms with E-state index in [2.05, 4.69) is 6.58 Å². The fourth-order valence-electron chi connectivity index (χ4n) is 2.93. The van der Waals surface area contributed by atoms with E-state index >= 15 is 0 Å². The lowest BCUT2D eigenvalue weighted by Gasteiger charge is -2.21. The summed E-state index contributed by atoms with van der Waals surface area (Å²) in [7, 11) is 0. The second-order valence-electron chi connectivity index (χ2n) is 5.90. The number of halogens is 1. The summed E-state index contributed by atoms with van der Waals surface area (Å²) in [5.74, 6) is 0.976. The monoisotopic (exact) mass is 313 g/mol. The molecule has 0 aliphatic heterocycles. The van der Waals surface area contributed by atoms with Gasteiger partial charge in [0.1, 0.15) is 11.6 Å². The molecule has 1 fully saturated rings. The van der Waals surface area contributed by atoms with Crippen LogP contribution in [-0.2, 0) is 11.2 Å². The summed E-state index contributed by atoms with van der Waals surface area (Å²) >= 11 is 0. The molecular weight excluding hydrogens is 293 g/mol. The van der Waals surface area contributed by atoms with Crippen LogP contribution in [0.15, 0.2) is 59.7 Å². The Morgan fingerprint density at radius 2 is 2.13 bits per heavy atom. The van der Waals surface area contributed by atoms with Crippen molar-refractivity contribution in [3.63, 3.8) is 0 Å². The van der Waals surface area contributed by atoms with Crippen LogP contribution in [0.5, 0.6) is 0 Å². The molecule has 1 aromatic heterocycles. The number of carbonyl (C=O) groups excluding carboxylic acids is 1. The molecule has 1 aliphatic rings. The largest absolute Gasteiger partial charge is 0.469 e. The maximum absolute atomic E-state index is 13.0. The average molecular weight is 313 g/mol. The number of hydrogen-bond acceptors (Lipinski definition) is 2. The second kappa shape index (κ2) is 6.82. The fraction of sp³-hybridized carbons (Fsp3) is 0.316. The molecule has 4 heteroatoms. The molecule has 1 aliphatic carbocycles. The normalized spacial score (nSPS) is 19.3. The molecule has 1 aromatic carbocycles. The van der Waals surface area contributed by atoms with E-state index in [0.717, 1.165) is 17.7 Å². The van der Waals surface area contributed by atoms with E-state index in [9.17, 15) is 9.18 Å². The highest BCUT2D eigenvalue weighted by molar-refractivity contribution is 5.83. The molecule has 0 bridgehead atoms. The molecule has 1 amide bonds. The zero-order chi connectivity index (χ0) is 16.2. The second-order valence-corrected chi connectivity index (χ2v) is 5.90. The highest BCUT2D eigenvalue weighted by Crippen LogP contribution is 2.48. The highest BCUT2D eigenvalue weighted by atomic mass is 19.1. The van der Waals surface area contributed by atoms with Crippen LogP contribution >= 0.6 is 0 Å². The summed E-state index contributed by atoms with van der Waals surface area (Å²) in [5, 5.41) is 0. The Morgan fingerprint density at radius 1 is 1.35 bits per heavy atom. The van der Waals surface area contributed by atoms with Gasteiger partial charge in [0.25, 0.3) is 0 Å². The van der Waals surface area contributed by atoms with Crippen molar-refractivity contribution in [3.05, 3.63) is 72.5 Å². The number of benzene rings is 1. The molecule has 2 aromatic rings. The third-order valence-corrected chi connectivity index (χ3v) is 4.28. The predicted octanol–water partition coefficient (Wildman–Crippen LogP) is 3.78. The van der Waals surface area contributed by atoms with Crippen molar-refractivity contribution < 1.29 is 13.6 Å². The summed E-state index contributed by atoms with van der Waals surface area (Å²) in [5.41, 5.74) is 1.04. The minimum absolute atomic E-state index is 0.00277. The Hall–Kier alpha value is -2.36. The van der Waals surface area contributed by atoms with Crippen LogP contribution in [0.2, 0.25) is 0 Å². The van der Waals surface area contributed by atoms with Crippen molar-refractivity contribution in [1.29, 1.82) is 0 Å². The molecular formula is C19H20FNO2. The highest BCUT2D eigenvalue weighted by Gasteiger charge is 2.45. The van der Waals surface area contributed by atoms with Gasteiger partial charge in [0.2, 0.25) is 5.91 Å². The van der Waals surface area contributed by atoms with Crippen LogP contribution < -0.4 is 0 Å². The average Bonchev–Trinajstić information content (AvgIpc) is 3.18. The van der Waals surface area contributed by atoms with Crippen molar-refractivity contribution in [2.45, 2.75) is 18.8 Å². The van der Waals surface area contributed by atoms with Gasteiger partial charge in [-0.3, -0.25) is 4.79 Å². The molecule has 1 saturated carbocycles. The van der Waals surface area contributed by atoms with E-state index in [1.165, 1.54) is 12.1 Å². The fourth-order valence-corrected chi connectivity index (χ4v) is 2.93. The maximum atomic E-state index is 13.0. The van der Waals surface area contributed by atoms with Crippen LogP contribution in [0, 0.1) is 11.7 Å². The lowest BCUT2D eigenvalue weighted by atomic mass is 10.1. The topological polar surface area (TPSA) is 33.5 Å². The van der Waals surface area contributed by atoms with Gasteiger partial charge in [0.15, 0.2) is 0 Å². The molecule has 0 radical (unpaired) electrons.